The molecule has 3 heterocycles. The molecule has 0 spiro atoms. The summed E-state index contributed by atoms with van der Waals surface area (Å²) in [6, 6.07) is 0. The molecule has 0 amide bonds. The Morgan fingerprint density at radius 1 is 1.63 bits per heavy atom. The summed E-state index contributed by atoms with van der Waals surface area (Å²) in [6.07, 6.45) is -0.635. The molecular formula is C13H17ClO5. The average Bonchev–Trinajstić information content (AvgIpc) is 2.66. The van der Waals surface area contributed by atoms with Gasteiger partial charge in [0.25, 0.3) is 0 Å². The van der Waals surface area contributed by atoms with E-state index >= 15 is 0 Å². The fourth-order valence-electron chi connectivity index (χ4n) is 3.62. The van der Waals surface area contributed by atoms with Crippen LogP contribution in [0.5, 0.6) is 0 Å². The Hall–Kier alpha value is -0.620. The molecule has 5 nitrogen and oxygen atoms in total. The second kappa shape index (κ2) is 4.45. The quantitative estimate of drug-likeness (QED) is 0.447. The number of hydrogen-bond acceptors (Lipinski definition) is 5. The lowest BCUT2D eigenvalue weighted by Gasteiger charge is -2.53. The van der Waals surface area contributed by atoms with Gasteiger partial charge in [-0.15, -0.1) is 11.6 Å². The summed E-state index contributed by atoms with van der Waals surface area (Å²) < 4.78 is 22.4. The van der Waals surface area contributed by atoms with Crippen LogP contribution in [-0.4, -0.2) is 43.2 Å². The fourth-order valence-corrected chi connectivity index (χ4v) is 4.03. The third-order valence-corrected chi connectivity index (χ3v) is 4.83. The van der Waals surface area contributed by atoms with Crippen molar-refractivity contribution >= 4 is 17.6 Å². The predicted molar refractivity (Wildman–Crippen MR) is 66.5 cm³/mol. The Morgan fingerprint density at radius 3 is 2.95 bits per heavy atom. The number of esters is 1. The monoisotopic (exact) mass is 288 g/mol. The normalized spacial score (nSPS) is 47.5. The van der Waals surface area contributed by atoms with Gasteiger partial charge in [0.15, 0.2) is 12.6 Å². The SMILES string of the molecule is C=C1C2OC(OC)C3C1CC(OC(C)=O)C3(CCl)O2. The van der Waals surface area contributed by atoms with Crippen LogP contribution in [0.3, 0.4) is 0 Å². The summed E-state index contributed by atoms with van der Waals surface area (Å²) in [4.78, 5) is 11.3. The molecular weight excluding hydrogens is 272 g/mol. The van der Waals surface area contributed by atoms with Gasteiger partial charge in [-0.25, -0.2) is 0 Å². The van der Waals surface area contributed by atoms with Gasteiger partial charge < -0.3 is 18.9 Å². The maximum atomic E-state index is 11.3. The topological polar surface area (TPSA) is 54.0 Å². The molecule has 19 heavy (non-hydrogen) atoms. The average molecular weight is 289 g/mol. The van der Waals surface area contributed by atoms with Crippen LogP contribution in [0.1, 0.15) is 13.3 Å². The molecule has 4 rings (SSSR count). The lowest BCUT2D eigenvalue weighted by Crippen LogP contribution is -2.64. The Bertz CT molecular complexity index is 425. The van der Waals surface area contributed by atoms with Crippen molar-refractivity contribution in [2.45, 2.75) is 37.6 Å². The van der Waals surface area contributed by atoms with Crippen LogP contribution in [0.2, 0.25) is 0 Å². The smallest absolute Gasteiger partial charge is 0.303 e. The molecule has 4 bridgehead atoms. The molecule has 6 heteroatoms. The first kappa shape index (κ1) is 13.4. The first-order chi connectivity index (χ1) is 9.03. The molecule has 6 unspecified atom stereocenters. The minimum absolute atomic E-state index is 0.0863. The summed E-state index contributed by atoms with van der Waals surface area (Å²) in [5.74, 6) is -0.0292. The highest BCUT2D eigenvalue weighted by Crippen LogP contribution is 2.59. The van der Waals surface area contributed by atoms with Gasteiger partial charge in [-0.2, -0.15) is 0 Å². The van der Waals surface area contributed by atoms with E-state index in [1.807, 2.05) is 0 Å². The van der Waals surface area contributed by atoms with Crippen LogP contribution in [-0.2, 0) is 23.7 Å². The predicted octanol–water partition coefficient (Wildman–Crippen LogP) is 1.45. The maximum Gasteiger partial charge on any atom is 0.303 e. The van der Waals surface area contributed by atoms with Gasteiger partial charge in [-0.05, 0) is 17.9 Å². The van der Waals surface area contributed by atoms with Gasteiger partial charge in [-0.1, -0.05) is 6.58 Å². The lowest BCUT2D eigenvalue weighted by atomic mass is 9.77. The summed E-state index contributed by atoms with van der Waals surface area (Å²) in [5.41, 5.74) is 0.150. The van der Waals surface area contributed by atoms with Crippen molar-refractivity contribution in [3.05, 3.63) is 12.2 Å². The van der Waals surface area contributed by atoms with E-state index < -0.39 is 18.2 Å². The molecule has 1 aliphatic carbocycles. The number of ether oxygens (including phenoxy) is 4. The highest BCUT2D eigenvalue weighted by Gasteiger charge is 2.69. The Kier molecular flexibility index (Phi) is 3.13. The van der Waals surface area contributed by atoms with Gasteiger partial charge in [0.1, 0.15) is 11.7 Å². The number of carbonyl (C=O) groups excluding carboxylic acids is 1. The molecule has 6 atom stereocenters. The molecule has 0 aromatic heterocycles. The number of methoxy groups -OCH3 is 1. The van der Waals surface area contributed by atoms with E-state index in [1.54, 1.807) is 7.11 Å². The first-order valence-corrected chi connectivity index (χ1v) is 6.85. The third kappa shape index (κ3) is 1.69. The molecule has 3 aliphatic heterocycles. The number of hydrogen-bond donors (Lipinski definition) is 0. The number of carbonyl (C=O) groups is 1. The highest BCUT2D eigenvalue weighted by molar-refractivity contribution is 6.18. The van der Waals surface area contributed by atoms with E-state index in [-0.39, 0.29) is 29.8 Å². The Balaban J connectivity index is 1.99. The van der Waals surface area contributed by atoms with Crippen LogP contribution in [0, 0.1) is 11.8 Å². The van der Waals surface area contributed by atoms with E-state index in [4.69, 9.17) is 30.5 Å². The number of fused-ring (bicyclic) bond motifs is 1. The van der Waals surface area contributed by atoms with Crippen LogP contribution < -0.4 is 0 Å². The van der Waals surface area contributed by atoms with Gasteiger partial charge in [0, 0.05) is 14.0 Å². The zero-order chi connectivity index (χ0) is 13.8. The van der Waals surface area contributed by atoms with E-state index in [0.717, 1.165) is 5.57 Å². The van der Waals surface area contributed by atoms with Crippen molar-refractivity contribution in [1.82, 2.24) is 0 Å². The second-order valence-corrected chi connectivity index (χ2v) is 5.59. The number of alkyl halides is 1. The molecule has 0 aromatic rings. The van der Waals surface area contributed by atoms with E-state index in [2.05, 4.69) is 6.58 Å². The molecule has 1 saturated carbocycles. The zero-order valence-corrected chi connectivity index (χ0v) is 11.7. The Morgan fingerprint density at radius 2 is 2.37 bits per heavy atom. The van der Waals surface area contributed by atoms with Crippen molar-refractivity contribution in [2.24, 2.45) is 11.8 Å². The van der Waals surface area contributed by atoms with Crippen LogP contribution in [0.4, 0.5) is 0 Å². The molecule has 106 valence electrons. The van der Waals surface area contributed by atoms with Gasteiger partial charge >= 0.3 is 5.97 Å². The minimum atomic E-state index is -0.733. The molecule has 0 N–H and O–H groups in total. The van der Waals surface area contributed by atoms with Crippen molar-refractivity contribution < 1.29 is 23.7 Å². The van der Waals surface area contributed by atoms with Crippen molar-refractivity contribution in [1.29, 1.82) is 0 Å². The third-order valence-electron chi connectivity index (χ3n) is 4.42. The van der Waals surface area contributed by atoms with Gasteiger partial charge in [0.2, 0.25) is 0 Å². The van der Waals surface area contributed by atoms with Crippen molar-refractivity contribution in [2.75, 3.05) is 13.0 Å². The van der Waals surface area contributed by atoms with Crippen molar-refractivity contribution in [3.8, 4) is 0 Å². The minimum Gasteiger partial charge on any atom is -0.459 e. The first-order valence-electron chi connectivity index (χ1n) is 6.31. The van der Waals surface area contributed by atoms with E-state index in [1.165, 1.54) is 6.92 Å². The standard InChI is InChI=1S/C13H17ClO5/c1-6-8-4-9(17-7(2)15)13(5-14)10(8)12(16-3)18-11(6)19-13/h8-12H,1,4-5H2,2-3H3. The molecule has 3 saturated heterocycles. The fraction of sp³-hybridized carbons (Fsp3) is 0.769. The van der Waals surface area contributed by atoms with Crippen LogP contribution in [0.25, 0.3) is 0 Å². The highest BCUT2D eigenvalue weighted by atomic mass is 35.5. The largest absolute Gasteiger partial charge is 0.459 e. The number of halogens is 1. The van der Waals surface area contributed by atoms with Gasteiger partial charge in [0.05, 0.1) is 11.8 Å². The summed E-state index contributed by atoms with van der Waals surface area (Å²) in [6.45, 7) is 5.42. The Labute approximate surface area is 116 Å². The van der Waals surface area contributed by atoms with Crippen LogP contribution in [0.15, 0.2) is 12.2 Å². The van der Waals surface area contributed by atoms with E-state index in [9.17, 15) is 4.79 Å². The number of rotatable bonds is 3. The van der Waals surface area contributed by atoms with Crippen molar-refractivity contribution in [3.63, 3.8) is 0 Å². The maximum absolute atomic E-state index is 11.3. The summed E-state index contributed by atoms with van der Waals surface area (Å²) in [7, 11) is 1.59. The lowest BCUT2D eigenvalue weighted by molar-refractivity contribution is -0.368. The summed E-state index contributed by atoms with van der Waals surface area (Å²) >= 11 is 6.15. The van der Waals surface area contributed by atoms with Crippen LogP contribution >= 0.6 is 11.6 Å². The molecule has 0 aromatic carbocycles. The van der Waals surface area contributed by atoms with E-state index in [0.29, 0.717) is 6.42 Å². The summed E-state index contributed by atoms with van der Waals surface area (Å²) in [5, 5.41) is 0. The molecule has 4 aliphatic rings. The second-order valence-electron chi connectivity index (χ2n) is 5.32. The molecule has 4 fully saturated rings. The van der Waals surface area contributed by atoms with Gasteiger partial charge in [-0.3, -0.25) is 4.79 Å². The molecule has 0 radical (unpaired) electrons. The zero-order valence-electron chi connectivity index (χ0n) is 10.9.